The molecule has 1 aromatic heterocycles. The molecule has 1 aliphatic rings. The van der Waals surface area contributed by atoms with Gasteiger partial charge in [0, 0.05) is 18.0 Å². The molecule has 1 aromatic rings. The number of thiazole rings is 1. The molecule has 0 aliphatic carbocycles. The third-order valence-electron chi connectivity index (χ3n) is 3.78. The zero-order valence-corrected chi connectivity index (χ0v) is 13.9. The van der Waals surface area contributed by atoms with Gasteiger partial charge in [0.25, 0.3) is 0 Å². The number of hydrogen-bond acceptors (Lipinski definition) is 5. The van der Waals surface area contributed by atoms with Crippen molar-refractivity contribution in [3.05, 3.63) is 10.6 Å². The van der Waals surface area contributed by atoms with Crippen LogP contribution >= 0.6 is 11.3 Å². The maximum Gasteiger partial charge on any atom is 0.186 e. The highest BCUT2D eigenvalue weighted by atomic mass is 32.1. The minimum Gasteiger partial charge on any atom is -0.375 e. The molecule has 2 heterocycles. The molecule has 114 valence electrons. The van der Waals surface area contributed by atoms with Gasteiger partial charge in [-0.3, -0.25) is 0 Å². The van der Waals surface area contributed by atoms with Gasteiger partial charge in [0.05, 0.1) is 24.4 Å². The van der Waals surface area contributed by atoms with Crippen LogP contribution in [0.15, 0.2) is 0 Å². The van der Waals surface area contributed by atoms with Crippen molar-refractivity contribution < 1.29 is 4.74 Å². The first kappa shape index (κ1) is 15.7. The van der Waals surface area contributed by atoms with Crippen LogP contribution in [0.2, 0.25) is 0 Å². The lowest BCUT2D eigenvalue weighted by Gasteiger charge is -2.38. The standard InChI is InChI=1S/C15H27N3OS/c1-5-7-13-14(8-16-4)20-15(17-13)18-9-11(3)19-10-12(18)6-2/h11-12,16H,5-10H2,1-4H3. The van der Waals surface area contributed by atoms with Crippen LogP contribution in [0.25, 0.3) is 0 Å². The highest BCUT2D eigenvalue weighted by Crippen LogP contribution is 2.31. The Hall–Kier alpha value is -0.650. The fraction of sp³-hybridized carbons (Fsp3) is 0.800. The molecular weight excluding hydrogens is 270 g/mol. The van der Waals surface area contributed by atoms with Crippen LogP contribution < -0.4 is 10.2 Å². The third kappa shape index (κ3) is 3.51. The number of morpholine rings is 1. The summed E-state index contributed by atoms with van der Waals surface area (Å²) in [5.41, 5.74) is 1.27. The lowest BCUT2D eigenvalue weighted by Crippen LogP contribution is -2.48. The zero-order valence-electron chi connectivity index (χ0n) is 13.1. The average molecular weight is 297 g/mol. The Morgan fingerprint density at radius 1 is 1.45 bits per heavy atom. The quantitative estimate of drug-likeness (QED) is 0.876. The number of anilines is 1. The van der Waals surface area contributed by atoms with Crippen LogP contribution in [0.1, 0.15) is 44.2 Å². The maximum atomic E-state index is 5.79. The van der Waals surface area contributed by atoms with Crippen LogP contribution in [0.4, 0.5) is 5.13 Å². The Morgan fingerprint density at radius 3 is 2.90 bits per heavy atom. The summed E-state index contributed by atoms with van der Waals surface area (Å²) >= 11 is 1.85. The van der Waals surface area contributed by atoms with Crippen molar-refractivity contribution in [2.75, 3.05) is 25.1 Å². The maximum absolute atomic E-state index is 5.79. The number of aromatic nitrogens is 1. The summed E-state index contributed by atoms with van der Waals surface area (Å²) < 4.78 is 5.79. The average Bonchev–Trinajstić information content (AvgIpc) is 2.83. The lowest BCUT2D eigenvalue weighted by atomic mass is 10.1. The molecule has 1 N–H and O–H groups in total. The van der Waals surface area contributed by atoms with Gasteiger partial charge >= 0.3 is 0 Å². The molecule has 1 saturated heterocycles. The van der Waals surface area contributed by atoms with Gasteiger partial charge in [0.2, 0.25) is 0 Å². The molecule has 2 rings (SSSR count). The fourth-order valence-electron chi connectivity index (χ4n) is 2.64. The highest BCUT2D eigenvalue weighted by molar-refractivity contribution is 7.15. The summed E-state index contributed by atoms with van der Waals surface area (Å²) in [6.45, 7) is 9.29. The van der Waals surface area contributed by atoms with Crippen molar-refractivity contribution in [2.24, 2.45) is 0 Å². The largest absolute Gasteiger partial charge is 0.375 e. The third-order valence-corrected chi connectivity index (χ3v) is 4.91. The van der Waals surface area contributed by atoms with E-state index in [0.29, 0.717) is 12.1 Å². The minimum atomic E-state index is 0.295. The first-order valence-electron chi connectivity index (χ1n) is 7.70. The second-order valence-electron chi connectivity index (χ2n) is 5.51. The van der Waals surface area contributed by atoms with Crippen LogP contribution in [-0.2, 0) is 17.7 Å². The summed E-state index contributed by atoms with van der Waals surface area (Å²) in [6.07, 6.45) is 3.63. The predicted molar refractivity (Wildman–Crippen MR) is 85.7 cm³/mol. The van der Waals surface area contributed by atoms with Crippen LogP contribution in [0.5, 0.6) is 0 Å². The first-order valence-corrected chi connectivity index (χ1v) is 8.52. The van der Waals surface area contributed by atoms with Crippen molar-refractivity contribution >= 4 is 16.5 Å². The Bertz CT molecular complexity index is 398. The molecular formula is C15H27N3OS. The molecule has 20 heavy (non-hydrogen) atoms. The van der Waals surface area contributed by atoms with Crippen molar-refractivity contribution in [1.82, 2.24) is 10.3 Å². The molecule has 0 spiro atoms. The number of rotatable bonds is 6. The second-order valence-corrected chi connectivity index (χ2v) is 6.57. The zero-order chi connectivity index (χ0) is 14.5. The molecule has 1 aliphatic heterocycles. The summed E-state index contributed by atoms with van der Waals surface area (Å²) in [4.78, 5) is 8.77. The summed E-state index contributed by atoms with van der Waals surface area (Å²) in [5.74, 6) is 0. The van der Waals surface area contributed by atoms with Crippen molar-refractivity contribution in [3.63, 3.8) is 0 Å². The van der Waals surface area contributed by atoms with E-state index in [1.54, 1.807) is 0 Å². The van der Waals surface area contributed by atoms with E-state index in [9.17, 15) is 0 Å². The van der Waals surface area contributed by atoms with E-state index in [1.807, 2.05) is 18.4 Å². The van der Waals surface area contributed by atoms with Crippen molar-refractivity contribution in [1.29, 1.82) is 0 Å². The van der Waals surface area contributed by atoms with Gasteiger partial charge in [-0.25, -0.2) is 4.98 Å². The lowest BCUT2D eigenvalue weighted by molar-refractivity contribution is 0.0299. The molecule has 0 bridgehead atoms. The monoisotopic (exact) mass is 297 g/mol. The molecule has 0 radical (unpaired) electrons. The van der Waals surface area contributed by atoms with Gasteiger partial charge in [-0.2, -0.15) is 0 Å². The van der Waals surface area contributed by atoms with Crippen LogP contribution in [0, 0.1) is 0 Å². The molecule has 0 saturated carbocycles. The van der Waals surface area contributed by atoms with E-state index in [-0.39, 0.29) is 0 Å². The molecule has 4 nitrogen and oxygen atoms in total. The Kier molecular flexibility index (Phi) is 5.81. The van der Waals surface area contributed by atoms with E-state index in [4.69, 9.17) is 9.72 Å². The second kappa shape index (κ2) is 7.38. The predicted octanol–water partition coefficient (Wildman–Crippen LogP) is 2.82. The van der Waals surface area contributed by atoms with Gasteiger partial charge in [-0.1, -0.05) is 20.3 Å². The molecule has 0 amide bonds. The van der Waals surface area contributed by atoms with Gasteiger partial charge < -0.3 is 15.0 Å². The Balaban J connectivity index is 2.23. The number of nitrogens with zero attached hydrogens (tertiary/aromatic N) is 2. The topological polar surface area (TPSA) is 37.4 Å². The number of hydrogen-bond donors (Lipinski definition) is 1. The van der Waals surface area contributed by atoms with Crippen LogP contribution in [-0.4, -0.2) is 37.3 Å². The molecule has 1 fully saturated rings. The summed E-state index contributed by atoms with van der Waals surface area (Å²) in [5, 5.41) is 4.44. The molecule has 2 unspecified atom stereocenters. The molecule has 0 aromatic carbocycles. The summed E-state index contributed by atoms with van der Waals surface area (Å²) in [6, 6.07) is 0.467. The van der Waals surface area contributed by atoms with E-state index in [1.165, 1.54) is 15.7 Å². The smallest absolute Gasteiger partial charge is 0.186 e. The Morgan fingerprint density at radius 2 is 2.25 bits per heavy atom. The molecule has 5 heteroatoms. The number of ether oxygens (including phenoxy) is 1. The van der Waals surface area contributed by atoms with E-state index in [2.05, 4.69) is 31.0 Å². The van der Waals surface area contributed by atoms with Crippen molar-refractivity contribution in [3.8, 4) is 0 Å². The van der Waals surface area contributed by atoms with Gasteiger partial charge in [-0.15, -0.1) is 11.3 Å². The van der Waals surface area contributed by atoms with E-state index in [0.717, 1.165) is 39.0 Å². The molecule has 2 atom stereocenters. The van der Waals surface area contributed by atoms with Crippen molar-refractivity contribution in [2.45, 2.75) is 58.7 Å². The van der Waals surface area contributed by atoms with E-state index < -0.39 is 0 Å². The minimum absolute atomic E-state index is 0.295. The number of aryl methyl sites for hydroxylation is 1. The van der Waals surface area contributed by atoms with Gasteiger partial charge in [0.1, 0.15) is 0 Å². The van der Waals surface area contributed by atoms with Gasteiger partial charge in [-0.05, 0) is 26.8 Å². The highest BCUT2D eigenvalue weighted by Gasteiger charge is 2.28. The Labute approximate surface area is 126 Å². The van der Waals surface area contributed by atoms with E-state index >= 15 is 0 Å². The SMILES string of the molecule is CCCc1nc(N2CC(C)OCC2CC)sc1CNC. The van der Waals surface area contributed by atoms with Gasteiger partial charge in [0.15, 0.2) is 5.13 Å². The normalized spacial score (nSPS) is 23.3. The number of nitrogens with one attached hydrogen (secondary N) is 1. The fourth-order valence-corrected chi connectivity index (χ4v) is 3.84. The van der Waals surface area contributed by atoms with Crippen LogP contribution in [0.3, 0.4) is 0 Å². The summed E-state index contributed by atoms with van der Waals surface area (Å²) in [7, 11) is 2.00. The first-order chi connectivity index (χ1) is 9.69.